The fourth-order valence-corrected chi connectivity index (χ4v) is 1.90. The maximum Gasteiger partial charge on any atom is 0.0852 e. The molecule has 0 amide bonds. The molecule has 0 aromatic heterocycles. The van der Waals surface area contributed by atoms with Crippen LogP contribution >= 0.6 is 0 Å². The third kappa shape index (κ3) is 1.47. The van der Waals surface area contributed by atoms with Crippen LogP contribution < -0.4 is 5.32 Å². The lowest BCUT2D eigenvalue weighted by Crippen LogP contribution is -2.21. The Balaban J connectivity index is 1.94. The summed E-state index contributed by atoms with van der Waals surface area (Å²) >= 11 is 0. The van der Waals surface area contributed by atoms with Crippen LogP contribution in [0.1, 0.15) is 25.7 Å². The van der Waals surface area contributed by atoms with Crippen LogP contribution in [0.25, 0.3) is 0 Å². The number of hydrogen-bond acceptors (Lipinski definition) is 1. The number of nitrogens with one attached hydrogen (secondary N) is 1. The molecule has 0 aromatic carbocycles. The maximum absolute atomic E-state index is 3.31. The minimum Gasteiger partial charge on any atom is -0.379 e. The van der Waals surface area contributed by atoms with Crippen molar-refractivity contribution in [3.63, 3.8) is 0 Å². The van der Waals surface area contributed by atoms with Gasteiger partial charge in [-0.3, -0.25) is 0 Å². The lowest BCUT2D eigenvalue weighted by atomic mass is 9.97. The Kier molecular flexibility index (Phi) is 1.97. The molecular formula is C10H14N. The van der Waals surface area contributed by atoms with Crippen LogP contribution in [0, 0.1) is 12.0 Å². The number of hydrogen-bond donors (Lipinski definition) is 1. The summed E-state index contributed by atoms with van der Waals surface area (Å²) in [6.07, 6.45) is 14.0. The van der Waals surface area contributed by atoms with Crippen LogP contribution in [0.2, 0.25) is 0 Å². The normalized spacial score (nSPS) is 25.8. The molecule has 1 heterocycles. The molecule has 1 heteroatoms. The molecule has 11 heavy (non-hydrogen) atoms. The van der Waals surface area contributed by atoms with Gasteiger partial charge >= 0.3 is 0 Å². The Morgan fingerprint density at radius 1 is 1.18 bits per heavy atom. The summed E-state index contributed by atoms with van der Waals surface area (Å²) in [6.45, 7) is 0. The minimum absolute atomic E-state index is 0.816. The second-order valence-electron chi connectivity index (χ2n) is 3.30. The van der Waals surface area contributed by atoms with E-state index < -0.39 is 0 Å². The van der Waals surface area contributed by atoms with Gasteiger partial charge in [0.25, 0.3) is 0 Å². The van der Waals surface area contributed by atoms with Crippen LogP contribution in [0.5, 0.6) is 0 Å². The molecule has 0 unspecified atom stereocenters. The number of rotatable bonds is 1. The highest BCUT2D eigenvalue weighted by molar-refractivity contribution is 5.23. The zero-order chi connectivity index (χ0) is 7.52. The molecule has 59 valence electrons. The summed E-state index contributed by atoms with van der Waals surface area (Å²) in [5, 5.41) is 3.31. The second kappa shape index (κ2) is 3.12. The van der Waals surface area contributed by atoms with Gasteiger partial charge < -0.3 is 5.32 Å². The van der Waals surface area contributed by atoms with Crippen LogP contribution in [0.15, 0.2) is 24.4 Å². The summed E-state index contributed by atoms with van der Waals surface area (Å²) in [5.74, 6) is 0.816. The summed E-state index contributed by atoms with van der Waals surface area (Å²) in [5.41, 5.74) is 0. The fourth-order valence-electron chi connectivity index (χ4n) is 1.90. The number of dihydropyridines is 1. The Hall–Kier alpha value is -0.720. The first-order chi connectivity index (χ1) is 5.47. The molecule has 0 saturated heterocycles. The third-order valence-corrected chi connectivity index (χ3v) is 2.53. The van der Waals surface area contributed by atoms with E-state index >= 15 is 0 Å². The van der Waals surface area contributed by atoms with Crippen molar-refractivity contribution in [3.05, 3.63) is 30.5 Å². The van der Waals surface area contributed by atoms with Crippen LogP contribution in [0.3, 0.4) is 0 Å². The van der Waals surface area contributed by atoms with E-state index in [0.717, 1.165) is 5.92 Å². The highest BCUT2D eigenvalue weighted by atomic mass is 14.9. The van der Waals surface area contributed by atoms with Gasteiger partial charge in [0.2, 0.25) is 0 Å². The largest absolute Gasteiger partial charge is 0.379 e. The molecule has 1 radical (unpaired) electrons. The first-order valence-electron chi connectivity index (χ1n) is 4.43. The Morgan fingerprint density at radius 3 is 2.64 bits per heavy atom. The first kappa shape index (κ1) is 6.96. The zero-order valence-corrected chi connectivity index (χ0v) is 6.72. The minimum atomic E-state index is 0.816. The van der Waals surface area contributed by atoms with E-state index in [4.69, 9.17) is 0 Å². The predicted molar refractivity (Wildman–Crippen MR) is 46.6 cm³/mol. The zero-order valence-electron chi connectivity index (χ0n) is 6.72. The van der Waals surface area contributed by atoms with Crippen molar-refractivity contribution in [3.8, 4) is 0 Å². The van der Waals surface area contributed by atoms with Crippen molar-refractivity contribution in [2.24, 2.45) is 5.92 Å². The molecule has 0 bridgehead atoms. The first-order valence-corrected chi connectivity index (χ1v) is 4.43. The molecule has 1 saturated carbocycles. The molecule has 1 nitrogen and oxygen atoms in total. The van der Waals surface area contributed by atoms with E-state index in [2.05, 4.69) is 17.5 Å². The summed E-state index contributed by atoms with van der Waals surface area (Å²) < 4.78 is 0. The highest BCUT2D eigenvalue weighted by Crippen LogP contribution is 2.32. The second-order valence-corrected chi connectivity index (χ2v) is 3.30. The summed E-state index contributed by atoms with van der Waals surface area (Å²) in [7, 11) is 0. The monoisotopic (exact) mass is 148 g/mol. The topological polar surface area (TPSA) is 12.0 Å². The molecule has 0 atom stereocenters. The van der Waals surface area contributed by atoms with Gasteiger partial charge in [-0.15, -0.1) is 0 Å². The van der Waals surface area contributed by atoms with Crippen molar-refractivity contribution in [1.29, 1.82) is 0 Å². The van der Waals surface area contributed by atoms with E-state index in [0.29, 0.717) is 0 Å². The van der Waals surface area contributed by atoms with E-state index in [1.165, 1.54) is 31.7 Å². The smallest absolute Gasteiger partial charge is 0.0852 e. The van der Waals surface area contributed by atoms with Crippen LogP contribution in [-0.2, 0) is 0 Å². The van der Waals surface area contributed by atoms with Gasteiger partial charge in [-0.25, -0.2) is 0 Å². The molecule has 0 spiro atoms. The van der Waals surface area contributed by atoms with E-state index in [9.17, 15) is 0 Å². The van der Waals surface area contributed by atoms with E-state index in [-0.39, 0.29) is 0 Å². The molecule has 1 aliphatic heterocycles. The van der Waals surface area contributed by atoms with Gasteiger partial charge in [-0.05, 0) is 31.0 Å². The molecular weight excluding hydrogens is 134 g/mol. The van der Waals surface area contributed by atoms with Gasteiger partial charge in [0.05, 0.1) is 6.04 Å². The van der Waals surface area contributed by atoms with E-state index in [1.54, 1.807) is 0 Å². The van der Waals surface area contributed by atoms with Gasteiger partial charge in [-0.1, -0.05) is 25.0 Å². The number of allylic oxidation sites excluding steroid dienone is 2. The molecule has 1 fully saturated rings. The summed E-state index contributed by atoms with van der Waals surface area (Å²) in [6, 6.07) is 1.42. The standard InChI is InChI=1S/C10H14N/c1-2-6-9(5-1)10-7-3-4-8-11-10/h3-4,7-9,11H,1-2,5-6H2. The van der Waals surface area contributed by atoms with Gasteiger partial charge in [0.1, 0.15) is 0 Å². The van der Waals surface area contributed by atoms with Crippen molar-refractivity contribution in [1.82, 2.24) is 5.32 Å². The van der Waals surface area contributed by atoms with Gasteiger partial charge in [0, 0.05) is 0 Å². The average Bonchev–Trinajstić information content (AvgIpc) is 2.58. The molecule has 2 rings (SSSR count). The fraction of sp³-hybridized carbons (Fsp3) is 0.500. The summed E-state index contributed by atoms with van der Waals surface area (Å²) in [4.78, 5) is 0. The van der Waals surface area contributed by atoms with Crippen molar-refractivity contribution in [2.75, 3.05) is 0 Å². The Bertz CT molecular complexity index is 175. The van der Waals surface area contributed by atoms with Crippen molar-refractivity contribution < 1.29 is 0 Å². The van der Waals surface area contributed by atoms with E-state index in [1.807, 2.05) is 12.3 Å². The highest BCUT2D eigenvalue weighted by Gasteiger charge is 2.23. The lowest BCUT2D eigenvalue weighted by molar-refractivity contribution is 0.547. The molecule has 2 aliphatic rings. The lowest BCUT2D eigenvalue weighted by Gasteiger charge is -2.20. The Labute approximate surface area is 68.2 Å². The quantitative estimate of drug-likeness (QED) is 0.602. The third-order valence-electron chi connectivity index (χ3n) is 2.53. The Morgan fingerprint density at radius 2 is 2.00 bits per heavy atom. The van der Waals surface area contributed by atoms with Crippen molar-refractivity contribution >= 4 is 0 Å². The van der Waals surface area contributed by atoms with Crippen LogP contribution in [-0.4, -0.2) is 0 Å². The SMILES string of the molecule is C1=CN[C](C2CCCC2)C=C1. The van der Waals surface area contributed by atoms with Crippen LogP contribution in [0.4, 0.5) is 0 Å². The molecule has 0 aromatic rings. The van der Waals surface area contributed by atoms with Gasteiger partial charge in [0.15, 0.2) is 0 Å². The maximum atomic E-state index is 3.31. The van der Waals surface area contributed by atoms with Gasteiger partial charge in [-0.2, -0.15) is 0 Å². The molecule has 1 aliphatic carbocycles. The predicted octanol–water partition coefficient (Wildman–Crippen LogP) is 2.38. The molecule has 1 N–H and O–H groups in total. The van der Waals surface area contributed by atoms with Crippen molar-refractivity contribution in [2.45, 2.75) is 25.7 Å². The average molecular weight is 148 g/mol.